The summed E-state index contributed by atoms with van der Waals surface area (Å²) >= 11 is 0. The van der Waals surface area contributed by atoms with E-state index < -0.39 is 53.4 Å². The van der Waals surface area contributed by atoms with Crippen LogP contribution in [0.25, 0.3) is 0 Å². The maximum Gasteiger partial charge on any atom is 0.315 e. The zero-order valence-electron chi connectivity index (χ0n) is 16.3. The molecule has 0 amide bonds. The molecule has 0 saturated carbocycles. The summed E-state index contributed by atoms with van der Waals surface area (Å²) in [5, 5.41) is 2.33. The summed E-state index contributed by atoms with van der Waals surface area (Å²) in [7, 11) is -9.77. The number of aromatic nitrogens is 3. The van der Waals surface area contributed by atoms with E-state index in [4.69, 9.17) is 5.73 Å². The van der Waals surface area contributed by atoms with Gasteiger partial charge in [0.15, 0.2) is 0 Å². The molecule has 3 aromatic rings. The molecule has 0 aliphatic rings. The van der Waals surface area contributed by atoms with Gasteiger partial charge in [0.2, 0.25) is 11.9 Å². The number of nitrogens with zero attached hydrogens (tertiary/aromatic N) is 4. The highest BCUT2D eigenvalue weighted by Crippen LogP contribution is 2.32. The van der Waals surface area contributed by atoms with Crippen LogP contribution in [0.2, 0.25) is 0 Å². The number of para-hydroxylation sites is 1. The fourth-order valence-electron chi connectivity index (χ4n) is 2.79. The summed E-state index contributed by atoms with van der Waals surface area (Å²) in [6.07, 6.45) is -1.22. The van der Waals surface area contributed by atoms with Crippen LogP contribution in [0.5, 0.6) is 0 Å². The summed E-state index contributed by atoms with van der Waals surface area (Å²) in [6.45, 7) is 2.09. The predicted octanol–water partition coefficient (Wildman–Crippen LogP) is 1.99. The van der Waals surface area contributed by atoms with E-state index in [-0.39, 0.29) is 5.95 Å². The maximum absolute atomic E-state index is 14.2. The lowest BCUT2D eigenvalue weighted by atomic mass is 10.3. The minimum atomic E-state index is -4.92. The van der Waals surface area contributed by atoms with Gasteiger partial charge in [-0.3, -0.25) is 9.11 Å². The number of rotatable bonds is 7. The number of benzene rings is 2. The summed E-state index contributed by atoms with van der Waals surface area (Å²) in [5.41, 5.74) is 4.90. The van der Waals surface area contributed by atoms with E-state index in [2.05, 4.69) is 20.3 Å². The Morgan fingerprint density at radius 3 is 2.19 bits per heavy atom. The lowest BCUT2D eigenvalue weighted by Gasteiger charge is -2.21. The fourth-order valence-corrected chi connectivity index (χ4v) is 4.08. The Labute approximate surface area is 182 Å². The lowest BCUT2D eigenvalue weighted by Crippen LogP contribution is -2.20. The van der Waals surface area contributed by atoms with Crippen LogP contribution in [0, 0.1) is 6.08 Å². The highest BCUT2D eigenvalue weighted by molar-refractivity contribution is 7.86. The average molecular weight is 484 g/mol. The molecule has 0 unspecified atom stereocenters. The molecular weight excluding hydrogens is 467 g/mol. The van der Waals surface area contributed by atoms with E-state index >= 15 is 0 Å². The van der Waals surface area contributed by atoms with Crippen molar-refractivity contribution in [1.29, 1.82) is 0 Å². The SMILES string of the molecule is CCN(c1ccccc1)c1nc(F)nc(Nc2cc(S(=O)(=O)O)c(N)cc2S(=O)(=O)O)n1. The van der Waals surface area contributed by atoms with Crippen molar-refractivity contribution in [2.75, 3.05) is 22.5 Å². The van der Waals surface area contributed by atoms with Gasteiger partial charge in [0.25, 0.3) is 20.2 Å². The first-order valence-electron chi connectivity index (χ1n) is 8.80. The normalized spacial score (nSPS) is 11.9. The number of hydrogen-bond acceptors (Lipinski definition) is 10. The molecule has 1 aromatic heterocycles. The third-order valence-corrected chi connectivity index (χ3v) is 5.94. The molecule has 0 saturated heterocycles. The monoisotopic (exact) mass is 484 g/mol. The van der Waals surface area contributed by atoms with Crippen LogP contribution in [-0.4, -0.2) is 47.4 Å². The fraction of sp³-hybridized carbons (Fsp3) is 0.118. The first-order valence-corrected chi connectivity index (χ1v) is 11.7. The third kappa shape index (κ3) is 5.08. The molecular formula is C17H17FN6O6S2. The van der Waals surface area contributed by atoms with Crippen LogP contribution in [0.1, 0.15) is 6.92 Å². The topological polar surface area (TPSA) is 189 Å². The molecule has 0 spiro atoms. The van der Waals surface area contributed by atoms with Crippen molar-refractivity contribution in [1.82, 2.24) is 15.0 Å². The third-order valence-electron chi connectivity index (χ3n) is 4.14. The van der Waals surface area contributed by atoms with Crippen LogP contribution < -0.4 is 16.0 Å². The summed E-state index contributed by atoms with van der Waals surface area (Å²) in [6, 6.07) is 9.99. The van der Waals surface area contributed by atoms with Gasteiger partial charge in [-0.2, -0.15) is 36.2 Å². The molecule has 0 aliphatic carbocycles. The standard InChI is InChI=1S/C17H17FN6O6S2/c1-2-24(10-6-4-3-5-7-10)17-22-15(18)21-16(23-17)20-12-9-13(31(25,26)27)11(19)8-14(12)32(28,29)30/h3-9H,2,19H2,1H3,(H,25,26,27)(H,28,29,30)(H,20,21,22,23). The smallest absolute Gasteiger partial charge is 0.315 e. The molecule has 0 atom stereocenters. The molecule has 0 fully saturated rings. The van der Waals surface area contributed by atoms with Crippen LogP contribution in [0.4, 0.5) is 33.3 Å². The minimum absolute atomic E-state index is 0.132. The lowest BCUT2D eigenvalue weighted by molar-refractivity contribution is 0.479. The van der Waals surface area contributed by atoms with Gasteiger partial charge in [0.1, 0.15) is 9.79 Å². The van der Waals surface area contributed by atoms with Gasteiger partial charge in [-0.1, -0.05) is 18.2 Å². The van der Waals surface area contributed by atoms with Crippen molar-refractivity contribution in [2.45, 2.75) is 16.7 Å². The van der Waals surface area contributed by atoms with E-state index in [9.17, 15) is 30.3 Å². The Hall–Kier alpha value is -3.40. The van der Waals surface area contributed by atoms with Crippen LogP contribution in [0.15, 0.2) is 52.3 Å². The Morgan fingerprint density at radius 2 is 1.62 bits per heavy atom. The minimum Gasteiger partial charge on any atom is -0.398 e. The van der Waals surface area contributed by atoms with E-state index in [1.54, 1.807) is 37.3 Å². The zero-order valence-corrected chi connectivity index (χ0v) is 18.0. The van der Waals surface area contributed by atoms with Gasteiger partial charge in [-0.25, -0.2) is 0 Å². The van der Waals surface area contributed by atoms with Gasteiger partial charge in [-0.05, 0) is 31.2 Å². The van der Waals surface area contributed by atoms with Crippen molar-refractivity contribution in [3.63, 3.8) is 0 Å². The van der Waals surface area contributed by atoms with Crippen molar-refractivity contribution in [3.8, 4) is 0 Å². The number of halogens is 1. The molecule has 2 aromatic carbocycles. The van der Waals surface area contributed by atoms with Gasteiger partial charge >= 0.3 is 6.08 Å². The van der Waals surface area contributed by atoms with Crippen LogP contribution in [0.3, 0.4) is 0 Å². The first-order chi connectivity index (χ1) is 14.9. The summed E-state index contributed by atoms with van der Waals surface area (Å²) in [4.78, 5) is 11.0. The quantitative estimate of drug-likeness (QED) is 0.282. The molecule has 3 rings (SSSR count). The Bertz CT molecular complexity index is 1370. The molecule has 32 heavy (non-hydrogen) atoms. The van der Waals surface area contributed by atoms with Crippen LogP contribution >= 0.6 is 0 Å². The van der Waals surface area contributed by atoms with E-state index in [1.807, 2.05) is 0 Å². The zero-order chi connectivity index (χ0) is 23.7. The van der Waals surface area contributed by atoms with Crippen molar-refractivity contribution in [2.24, 2.45) is 0 Å². The second-order valence-corrected chi connectivity index (χ2v) is 9.05. The Kier molecular flexibility index (Phi) is 6.27. The molecule has 0 aliphatic heterocycles. The Balaban J connectivity index is 2.13. The average Bonchev–Trinajstić information content (AvgIpc) is 2.68. The van der Waals surface area contributed by atoms with Crippen molar-refractivity contribution < 1.29 is 30.3 Å². The Morgan fingerprint density at radius 1 is 1.00 bits per heavy atom. The highest BCUT2D eigenvalue weighted by atomic mass is 32.2. The largest absolute Gasteiger partial charge is 0.398 e. The molecule has 170 valence electrons. The molecule has 5 N–H and O–H groups in total. The van der Waals surface area contributed by atoms with Gasteiger partial charge in [-0.15, -0.1) is 0 Å². The van der Waals surface area contributed by atoms with E-state index in [0.717, 1.165) is 0 Å². The van der Waals surface area contributed by atoms with Gasteiger partial charge < -0.3 is 16.0 Å². The van der Waals surface area contributed by atoms with E-state index in [1.165, 1.54) is 4.90 Å². The second-order valence-electron chi connectivity index (χ2n) is 6.27. The number of hydrogen-bond donors (Lipinski definition) is 4. The van der Waals surface area contributed by atoms with Crippen LogP contribution in [-0.2, 0) is 20.2 Å². The number of nitrogen functional groups attached to an aromatic ring is 1. The summed E-state index contributed by atoms with van der Waals surface area (Å²) < 4.78 is 79.5. The maximum atomic E-state index is 14.2. The number of anilines is 5. The van der Waals surface area contributed by atoms with Crippen molar-refractivity contribution in [3.05, 3.63) is 48.5 Å². The van der Waals surface area contributed by atoms with Crippen molar-refractivity contribution >= 4 is 49.2 Å². The molecule has 1 heterocycles. The molecule has 0 bridgehead atoms. The molecule has 15 heteroatoms. The van der Waals surface area contributed by atoms with E-state index in [0.29, 0.717) is 24.4 Å². The summed E-state index contributed by atoms with van der Waals surface area (Å²) in [5.74, 6) is -0.634. The first kappa shape index (κ1) is 23.3. The van der Waals surface area contributed by atoms with Gasteiger partial charge in [0, 0.05) is 12.2 Å². The molecule has 12 nitrogen and oxygen atoms in total. The highest BCUT2D eigenvalue weighted by Gasteiger charge is 2.24. The number of nitrogens with two attached hydrogens (primary N) is 1. The predicted molar refractivity (Wildman–Crippen MR) is 113 cm³/mol. The second kappa shape index (κ2) is 8.62. The van der Waals surface area contributed by atoms with Gasteiger partial charge in [0.05, 0.1) is 11.4 Å². The molecule has 0 radical (unpaired) electrons. The number of nitrogens with one attached hydrogen (secondary N) is 1.